The van der Waals surface area contributed by atoms with E-state index in [1.807, 2.05) is 30.0 Å². The molecule has 0 spiro atoms. The minimum absolute atomic E-state index is 0. The topological polar surface area (TPSA) is 36.0 Å². The highest BCUT2D eigenvalue weighted by atomic mass is 35.5. The van der Waals surface area contributed by atoms with Crippen LogP contribution in [-0.4, -0.2) is 90.9 Å². The fourth-order valence-electron chi connectivity index (χ4n) is 3.13. The molecule has 2 aliphatic heterocycles. The average molecular weight is 454 g/mol. The third-order valence-electron chi connectivity index (χ3n) is 4.72. The van der Waals surface area contributed by atoms with E-state index in [2.05, 4.69) is 27.8 Å². The number of benzene rings is 1. The minimum Gasteiger partial charge on any atom is -0.496 e. The lowest BCUT2D eigenvalue weighted by molar-refractivity contribution is -0.132. The number of hydrogen-bond donors (Lipinski definition) is 0. The van der Waals surface area contributed by atoms with Crippen LogP contribution in [0.2, 0.25) is 0 Å². The molecule has 0 bridgehead atoms. The minimum atomic E-state index is 0. The van der Waals surface area contributed by atoms with Crippen molar-refractivity contribution < 1.29 is 9.53 Å². The zero-order valence-electron chi connectivity index (χ0n) is 15.8. The molecular weight excluding hydrogens is 425 g/mol. The summed E-state index contributed by atoms with van der Waals surface area (Å²) in [6, 6.07) is 8.09. The first-order chi connectivity index (χ1) is 12.2. The van der Waals surface area contributed by atoms with Gasteiger partial charge in [-0.15, -0.1) is 48.3 Å². The van der Waals surface area contributed by atoms with E-state index in [1.165, 1.54) is 0 Å². The van der Waals surface area contributed by atoms with Crippen molar-refractivity contribution in [2.75, 3.05) is 64.9 Å². The number of carbonyl (C=O) groups is 1. The van der Waals surface area contributed by atoms with Crippen LogP contribution in [0.15, 0.2) is 29.2 Å². The molecule has 2 fully saturated rings. The Kier molecular flexibility index (Phi) is 11.3. The van der Waals surface area contributed by atoms with Crippen LogP contribution in [-0.2, 0) is 4.79 Å². The highest BCUT2D eigenvalue weighted by Crippen LogP contribution is 2.34. The Labute approximate surface area is 183 Å². The molecule has 27 heavy (non-hydrogen) atoms. The van der Waals surface area contributed by atoms with E-state index < -0.39 is 0 Å². The van der Waals surface area contributed by atoms with E-state index >= 15 is 0 Å². The maximum absolute atomic E-state index is 12.8. The van der Waals surface area contributed by atoms with Crippen molar-refractivity contribution in [1.82, 2.24) is 14.7 Å². The lowest BCUT2D eigenvalue weighted by Gasteiger charge is -2.33. The SMILES string of the molecule is COc1ccccc1SCC1SCCN1C(=O)CN1CCN(C)CC1.Cl.Cl. The molecule has 3 rings (SSSR count). The van der Waals surface area contributed by atoms with Gasteiger partial charge in [0.15, 0.2) is 0 Å². The quantitative estimate of drug-likeness (QED) is 0.616. The predicted molar refractivity (Wildman–Crippen MR) is 120 cm³/mol. The molecular formula is C18H29Cl2N3O2S2. The molecule has 1 aromatic carbocycles. The molecule has 0 N–H and O–H groups in total. The number of thioether (sulfide) groups is 2. The Bertz CT molecular complexity index is 589. The zero-order chi connectivity index (χ0) is 17.6. The number of methoxy groups -OCH3 is 1. The maximum atomic E-state index is 12.8. The van der Waals surface area contributed by atoms with Crippen LogP contribution in [0.4, 0.5) is 0 Å². The number of likely N-dealkylation sites (N-methyl/N-ethyl adjacent to an activating group) is 1. The Hall–Kier alpha value is -0.310. The molecule has 1 aromatic rings. The van der Waals surface area contributed by atoms with Crippen molar-refractivity contribution >= 4 is 54.2 Å². The smallest absolute Gasteiger partial charge is 0.237 e. The first kappa shape index (κ1) is 24.7. The van der Waals surface area contributed by atoms with Crippen LogP contribution < -0.4 is 4.74 Å². The number of piperazine rings is 1. The van der Waals surface area contributed by atoms with Gasteiger partial charge in [-0.2, -0.15) is 0 Å². The van der Waals surface area contributed by atoms with Crippen LogP contribution >= 0.6 is 48.3 Å². The Morgan fingerprint density at radius 2 is 1.89 bits per heavy atom. The van der Waals surface area contributed by atoms with E-state index in [9.17, 15) is 4.79 Å². The monoisotopic (exact) mass is 453 g/mol. The van der Waals surface area contributed by atoms with E-state index in [0.29, 0.717) is 6.54 Å². The summed E-state index contributed by atoms with van der Waals surface area (Å²) in [5.74, 6) is 3.12. The first-order valence-electron chi connectivity index (χ1n) is 8.75. The van der Waals surface area contributed by atoms with Crippen molar-refractivity contribution in [2.24, 2.45) is 0 Å². The molecule has 1 unspecified atom stereocenters. The average Bonchev–Trinajstić information content (AvgIpc) is 3.11. The number of para-hydroxylation sites is 1. The second-order valence-electron chi connectivity index (χ2n) is 6.45. The largest absolute Gasteiger partial charge is 0.496 e. The molecule has 1 amide bonds. The van der Waals surface area contributed by atoms with Gasteiger partial charge in [0, 0.05) is 49.1 Å². The molecule has 1 atom stereocenters. The molecule has 0 aliphatic carbocycles. The van der Waals surface area contributed by atoms with Crippen molar-refractivity contribution in [1.29, 1.82) is 0 Å². The number of nitrogens with zero attached hydrogens (tertiary/aromatic N) is 3. The van der Waals surface area contributed by atoms with Crippen molar-refractivity contribution in [3.8, 4) is 5.75 Å². The summed E-state index contributed by atoms with van der Waals surface area (Å²) >= 11 is 3.67. The summed E-state index contributed by atoms with van der Waals surface area (Å²) in [5.41, 5.74) is 0. The summed E-state index contributed by atoms with van der Waals surface area (Å²) in [6.45, 7) is 5.51. The molecule has 2 saturated heterocycles. The van der Waals surface area contributed by atoms with Gasteiger partial charge in [-0.25, -0.2) is 0 Å². The predicted octanol–water partition coefficient (Wildman–Crippen LogP) is 2.78. The molecule has 0 radical (unpaired) electrons. The van der Waals surface area contributed by atoms with E-state index in [1.54, 1.807) is 18.9 Å². The highest BCUT2D eigenvalue weighted by molar-refractivity contribution is 8.03. The van der Waals surface area contributed by atoms with E-state index in [0.717, 1.165) is 54.9 Å². The van der Waals surface area contributed by atoms with Gasteiger partial charge in [-0.1, -0.05) is 12.1 Å². The third kappa shape index (κ3) is 6.91. The van der Waals surface area contributed by atoms with Crippen molar-refractivity contribution in [2.45, 2.75) is 10.3 Å². The maximum Gasteiger partial charge on any atom is 0.237 e. The molecule has 0 saturated carbocycles. The number of carbonyl (C=O) groups excluding carboxylic acids is 1. The fraction of sp³-hybridized carbons (Fsp3) is 0.611. The number of halogens is 2. The highest BCUT2D eigenvalue weighted by Gasteiger charge is 2.30. The number of amides is 1. The number of hydrogen-bond acceptors (Lipinski definition) is 6. The number of rotatable bonds is 6. The lowest BCUT2D eigenvalue weighted by Crippen LogP contribution is -2.49. The van der Waals surface area contributed by atoms with Gasteiger partial charge in [0.25, 0.3) is 0 Å². The normalized spacial score (nSPS) is 20.7. The molecule has 5 nitrogen and oxygen atoms in total. The summed E-state index contributed by atoms with van der Waals surface area (Å²) in [5, 5.41) is 0.259. The van der Waals surface area contributed by atoms with Gasteiger partial charge in [0.05, 0.1) is 19.0 Å². The summed E-state index contributed by atoms with van der Waals surface area (Å²) in [7, 11) is 3.84. The summed E-state index contributed by atoms with van der Waals surface area (Å²) in [4.78, 5) is 20.6. The van der Waals surface area contributed by atoms with Gasteiger partial charge in [-0.05, 0) is 19.2 Å². The van der Waals surface area contributed by atoms with Crippen LogP contribution in [0.1, 0.15) is 0 Å². The third-order valence-corrected chi connectivity index (χ3v) is 7.28. The Morgan fingerprint density at radius 3 is 2.59 bits per heavy atom. The second-order valence-corrected chi connectivity index (χ2v) is 8.80. The van der Waals surface area contributed by atoms with Crippen LogP contribution in [0, 0.1) is 0 Å². The Balaban J connectivity index is 0.00000182. The van der Waals surface area contributed by atoms with Crippen molar-refractivity contribution in [3.63, 3.8) is 0 Å². The van der Waals surface area contributed by atoms with Gasteiger partial charge in [0.2, 0.25) is 5.91 Å². The summed E-state index contributed by atoms with van der Waals surface area (Å²) < 4.78 is 5.43. The van der Waals surface area contributed by atoms with Gasteiger partial charge >= 0.3 is 0 Å². The van der Waals surface area contributed by atoms with E-state index in [4.69, 9.17) is 4.74 Å². The zero-order valence-corrected chi connectivity index (χ0v) is 19.1. The van der Waals surface area contributed by atoms with Crippen LogP contribution in [0.5, 0.6) is 5.75 Å². The first-order valence-corrected chi connectivity index (χ1v) is 10.8. The molecule has 0 aromatic heterocycles. The summed E-state index contributed by atoms with van der Waals surface area (Å²) in [6.07, 6.45) is 0. The van der Waals surface area contributed by atoms with Gasteiger partial charge in [0.1, 0.15) is 5.75 Å². The number of ether oxygens (including phenoxy) is 1. The standard InChI is InChI=1S/C18H27N3O2S2.2ClH/c1-19-7-9-20(10-8-19)13-17(22)21-11-12-24-18(21)14-25-16-6-4-3-5-15(16)23-2;;/h3-6,18H,7-14H2,1-2H3;2*1H. The fourth-order valence-corrected chi connectivity index (χ4v) is 5.67. The van der Waals surface area contributed by atoms with Crippen LogP contribution in [0.3, 0.4) is 0 Å². The molecule has 9 heteroatoms. The van der Waals surface area contributed by atoms with Crippen molar-refractivity contribution in [3.05, 3.63) is 24.3 Å². The van der Waals surface area contributed by atoms with Gasteiger partial charge in [-0.3, -0.25) is 9.69 Å². The molecule has 2 heterocycles. The lowest BCUT2D eigenvalue weighted by atomic mass is 10.3. The van der Waals surface area contributed by atoms with Crippen LogP contribution in [0.25, 0.3) is 0 Å². The second kappa shape index (κ2) is 12.3. The molecule has 154 valence electrons. The van der Waals surface area contributed by atoms with E-state index in [-0.39, 0.29) is 36.1 Å². The Morgan fingerprint density at radius 1 is 1.19 bits per heavy atom. The molecule has 2 aliphatic rings. The van der Waals surface area contributed by atoms with Gasteiger partial charge < -0.3 is 14.5 Å².